The zero-order chi connectivity index (χ0) is 16.2. The highest BCUT2D eigenvalue weighted by molar-refractivity contribution is 6.00. The minimum Gasteiger partial charge on any atom is -0.351 e. The van der Waals surface area contributed by atoms with Crippen molar-refractivity contribution in [1.29, 1.82) is 0 Å². The summed E-state index contributed by atoms with van der Waals surface area (Å²) in [7, 11) is 0. The van der Waals surface area contributed by atoms with E-state index in [1.807, 2.05) is 0 Å². The van der Waals surface area contributed by atoms with Gasteiger partial charge in [0, 0.05) is 18.7 Å². The zero-order valence-electron chi connectivity index (χ0n) is 11.7. The predicted octanol–water partition coefficient (Wildman–Crippen LogP) is 3.06. The van der Waals surface area contributed by atoms with Crippen molar-refractivity contribution in [2.45, 2.75) is 6.18 Å². The van der Waals surface area contributed by atoms with Crippen LogP contribution in [-0.4, -0.2) is 19.0 Å². The Kier molecular flexibility index (Phi) is 4.82. The number of alkyl halides is 3. The molecule has 0 aliphatic carbocycles. The molecule has 0 unspecified atom stereocenters. The van der Waals surface area contributed by atoms with Crippen molar-refractivity contribution in [1.82, 2.24) is 5.32 Å². The molecular weight excluding hydrogens is 293 g/mol. The van der Waals surface area contributed by atoms with E-state index in [1.54, 1.807) is 24.3 Å². The van der Waals surface area contributed by atoms with Crippen LogP contribution >= 0.6 is 0 Å². The quantitative estimate of drug-likeness (QED) is 0.912. The molecule has 1 amide bonds. The van der Waals surface area contributed by atoms with Gasteiger partial charge in [-0.2, -0.15) is 13.2 Å². The average molecular weight is 308 g/mol. The summed E-state index contributed by atoms with van der Waals surface area (Å²) >= 11 is 0. The van der Waals surface area contributed by atoms with Crippen molar-refractivity contribution in [2.24, 2.45) is 5.73 Å². The van der Waals surface area contributed by atoms with Crippen LogP contribution in [0.2, 0.25) is 0 Å². The second-order valence-electron chi connectivity index (χ2n) is 4.67. The highest BCUT2D eigenvalue weighted by Crippen LogP contribution is 2.31. The smallest absolute Gasteiger partial charge is 0.351 e. The lowest BCUT2D eigenvalue weighted by atomic mass is 9.98. The van der Waals surface area contributed by atoms with Gasteiger partial charge in [0.15, 0.2) is 0 Å². The van der Waals surface area contributed by atoms with E-state index in [0.29, 0.717) is 29.8 Å². The lowest BCUT2D eigenvalue weighted by molar-refractivity contribution is -0.137. The number of hydrogen-bond acceptors (Lipinski definition) is 2. The molecule has 2 aromatic carbocycles. The fourth-order valence-electron chi connectivity index (χ4n) is 2.05. The average Bonchev–Trinajstić information content (AvgIpc) is 2.52. The van der Waals surface area contributed by atoms with Gasteiger partial charge >= 0.3 is 6.18 Å². The summed E-state index contributed by atoms with van der Waals surface area (Å²) in [5.41, 5.74) is 6.14. The molecular formula is C16H15F3N2O. The van der Waals surface area contributed by atoms with Crippen molar-refractivity contribution in [3.63, 3.8) is 0 Å². The van der Waals surface area contributed by atoms with Crippen LogP contribution in [0.15, 0.2) is 48.5 Å². The number of hydrogen-bond donors (Lipinski definition) is 2. The van der Waals surface area contributed by atoms with Gasteiger partial charge in [-0.25, -0.2) is 0 Å². The number of carbonyl (C=O) groups is 1. The number of benzene rings is 2. The van der Waals surface area contributed by atoms with Gasteiger partial charge in [-0.05, 0) is 29.3 Å². The molecule has 22 heavy (non-hydrogen) atoms. The summed E-state index contributed by atoms with van der Waals surface area (Å²) in [6.45, 7) is 0.647. The van der Waals surface area contributed by atoms with E-state index in [1.165, 1.54) is 12.1 Å². The summed E-state index contributed by atoms with van der Waals surface area (Å²) in [4.78, 5) is 12.1. The Labute approximate surface area is 125 Å². The van der Waals surface area contributed by atoms with Gasteiger partial charge in [-0.1, -0.05) is 30.3 Å². The number of rotatable bonds is 4. The topological polar surface area (TPSA) is 55.1 Å². The summed E-state index contributed by atoms with van der Waals surface area (Å²) in [5.74, 6) is -0.305. The van der Waals surface area contributed by atoms with Gasteiger partial charge in [0.1, 0.15) is 0 Å². The lowest BCUT2D eigenvalue weighted by Crippen LogP contribution is -2.29. The summed E-state index contributed by atoms with van der Waals surface area (Å²) in [6.07, 6.45) is -4.38. The maximum atomic E-state index is 12.6. The standard InChI is InChI=1S/C16H15F3N2O/c17-16(18,19)12-7-5-11(6-8-12)13-3-1-2-4-14(13)15(22)21-10-9-20/h1-8H,9-10,20H2,(H,21,22). The van der Waals surface area contributed by atoms with Crippen molar-refractivity contribution < 1.29 is 18.0 Å². The zero-order valence-corrected chi connectivity index (χ0v) is 11.7. The molecule has 3 N–H and O–H groups in total. The van der Waals surface area contributed by atoms with E-state index < -0.39 is 11.7 Å². The van der Waals surface area contributed by atoms with Crippen LogP contribution in [0.5, 0.6) is 0 Å². The first-order valence-corrected chi connectivity index (χ1v) is 6.68. The third kappa shape index (κ3) is 3.65. The monoisotopic (exact) mass is 308 g/mol. The van der Waals surface area contributed by atoms with Crippen molar-refractivity contribution in [2.75, 3.05) is 13.1 Å². The fourth-order valence-corrected chi connectivity index (χ4v) is 2.05. The number of nitrogens with one attached hydrogen (secondary N) is 1. The van der Waals surface area contributed by atoms with Gasteiger partial charge in [-0.15, -0.1) is 0 Å². The molecule has 0 atom stereocenters. The summed E-state index contributed by atoms with van der Waals surface area (Å²) in [5, 5.41) is 2.65. The number of nitrogens with two attached hydrogens (primary N) is 1. The van der Waals surface area contributed by atoms with E-state index in [2.05, 4.69) is 5.32 Å². The fraction of sp³-hybridized carbons (Fsp3) is 0.188. The highest BCUT2D eigenvalue weighted by Gasteiger charge is 2.30. The minimum atomic E-state index is -4.38. The number of carbonyl (C=O) groups excluding carboxylic acids is 1. The SMILES string of the molecule is NCCNC(=O)c1ccccc1-c1ccc(C(F)(F)F)cc1. The Hall–Kier alpha value is -2.34. The molecule has 0 fully saturated rings. The summed E-state index contributed by atoms with van der Waals surface area (Å²) in [6, 6.07) is 11.5. The van der Waals surface area contributed by atoms with Crippen molar-refractivity contribution >= 4 is 5.91 Å². The Balaban J connectivity index is 2.35. The van der Waals surface area contributed by atoms with Crippen LogP contribution in [-0.2, 0) is 6.18 Å². The predicted molar refractivity (Wildman–Crippen MR) is 78.3 cm³/mol. The van der Waals surface area contributed by atoms with E-state index >= 15 is 0 Å². The van der Waals surface area contributed by atoms with E-state index in [0.717, 1.165) is 12.1 Å². The van der Waals surface area contributed by atoms with Gasteiger partial charge < -0.3 is 11.1 Å². The van der Waals surface area contributed by atoms with Crippen LogP contribution in [0.3, 0.4) is 0 Å². The molecule has 0 saturated heterocycles. The van der Waals surface area contributed by atoms with E-state index in [-0.39, 0.29) is 5.91 Å². The maximum Gasteiger partial charge on any atom is 0.416 e. The highest BCUT2D eigenvalue weighted by atomic mass is 19.4. The molecule has 0 radical (unpaired) electrons. The molecule has 0 spiro atoms. The molecule has 0 aromatic heterocycles. The van der Waals surface area contributed by atoms with Crippen LogP contribution in [0, 0.1) is 0 Å². The van der Waals surface area contributed by atoms with Crippen LogP contribution in [0.1, 0.15) is 15.9 Å². The van der Waals surface area contributed by atoms with Crippen molar-refractivity contribution in [3.8, 4) is 11.1 Å². The molecule has 0 heterocycles. The summed E-state index contributed by atoms with van der Waals surface area (Å²) < 4.78 is 37.8. The third-order valence-electron chi connectivity index (χ3n) is 3.12. The molecule has 3 nitrogen and oxygen atoms in total. The van der Waals surface area contributed by atoms with E-state index in [9.17, 15) is 18.0 Å². The molecule has 116 valence electrons. The Morgan fingerprint density at radius 2 is 1.68 bits per heavy atom. The Morgan fingerprint density at radius 1 is 1.05 bits per heavy atom. The Bertz CT molecular complexity index is 651. The second-order valence-corrected chi connectivity index (χ2v) is 4.67. The molecule has 2 rings (SSSR count). The molecule has 0 saturated carbocycles. The largest absolute Gasteiger partial charge is 0.416 e. The second kappa shape index (κ2) is 6.62. The lowest BCUT2D eigenvalue weighted by Gasteiger charge is -2.11. The molecule has 2 aromatic rings. The first-order valence-electron chi connectivity index (χ1n) is 6.68. The van der Waals surface area contributed by atoms with Gasteiger partial charge in [-0.3, -0.25) is 4.79 Å². The molecule has 0 bridgehead atoms. The van der Waals surface area contributed by atoms with Gasteiger partial charge in [0.25, 0.3) is 5.91 Å². The number of halogens is 3. The van der Waals surface area contributed by atoms with Crippen LogP contribution < -0.4 is 11.1 Å². The van der Waals surface area contributed by atoms with Crippen LogP contribution in [0.25, 0.3) is 11.1 Å². The molecule has 6 heteroatoms. The third-order valence-corrected chi connectivity index (χ3v) is 3.12. The first kappa shape index (κ1) is 16.0. The maximum absolute atomic E-state index is 12.6. The molecule has 0 aliphatic rings. The first-order chi connectivity index (χ1) is 10.4. The normalized spacial score (nSPS) is 11.3. The van der Waals surface area contributed by atoms with Gasteiger partial charge in [0.2, 0.25) is 0 Å². The van der Waals surface area contributed by atoms with Crippen molar-refractivity contribution in [3.05, 3.63) is 59.7 Å². The van der Waals surface area contributed by atoms with E-state index in [4.69, 9.17) is 5.73 Å². The Morgan fingerprint density at radius 3 is 2.27 bits per heavy atom. The number of amides is 1. The van der Waals surface area contributed by atoms with Gasteiger partial charge in [0.05, 0.1) is 5.56 Å². The van der Waals surface area contributed by atoms with Crippen LogP contribution in [0.4, 0.5) is 13.2 Å². The minimum absolute atomic E-state index is 0.305. The molecule has 0 aliphatic heterocycles.